The Kier molecular flexibility index (Phi) is 6.03. The molecule has 0 unspecified atom stereocenters. The number of para-hydroxylation sites is 1. The summed E-state index contributed by atoms with van der Waals surface area (Å²) in [6.07, 6.45) is 1.54. The minimum atomic E-state index is -0.329. The van der Waals surface area contributed by atoms with Crippen molar-refractivity contribution in [1.29, 1.82) is 0 Å². The minimum Gasteiger partial charge on any atom is -0.375 e. The Balaban J connectivity index is 1.57. The van der Waals surface area contributed by atoms with Gasteiger partial charge in [-0.25, -0.2) is 9.37 Å². The summed E-state index contributed by atoms with van der Waals surface area (Å²) in [4.78, 5) is 29.3. The molecule has 5 rings (SSSR count). The topological polar surface area (TPSA) is 110 Å². The number of ketones is 1. The van der Waals surface area contributed by atoms with Crippen LogP contribution in [0.1, 0.15) is 21.9 Å². The standard InChI is InChI=1S/C27H23FN6O/c1-16-5-4-8-23(32-16)27-26(33-25(34-27)15-31-22-7-3-2-6-20(22)28)17-9-10-21-18(11-17)12-19(14-30-21)24(35)13-29/h2-12,14,31H,13,15,29H2,1H3,(H,33,34). The third-order valence-corrected chi connectivity index (χ3v) is 5.68. The van der Waals surface area contributed by atoms with Gasteiger partial charge in [0.25, 0.3) is 0 Å². The SMILES string of the molecule is Cc1cccc(-c2nc(CNc3ccccc3F)[nH]c2-c2ccc3ncc(C(=O)CN)cc3c2)n1. The lowest BCUT2D eigenvalue weighted by atomic mass is 10.0. The van der Waals surface area contributed by atoms with Gasteiger partial charge in [0.05, 0.1) is 35.7 Å². The van der Waals surface area contributed by atoms with Gasteiger partial charge in [-0.3, -0.25) is 14.8 Å². The van der Waals surface area contributed by atoms with E-state index >= 15 is 0 Å². The Labute approximate surface area is 201 Å². The summed E-state index contributed by atoms with van der Waals surface area (Å²) < 4.78 is 14.1. The predicted molar refractivity (Wildman–Crippen MR) is 134 cm³/mol. The second kappa shape index (κ2) is 9.44. The maximum absolute atomic E-state index is 14.1. The second-order valence-corrected chi connectivity index (χ2v) is 8.16. The van der Waals surface area contributed by atoms with Crippen molar-refractivity contribution < 1.29 is 9.18 Å². The number of Topliss-reactive ketones (excluding diaryl/α,β-unsaturated/α-hetero) is 1. The van der Waals surface area contributed by atoms with Crippen LogP contribution in [-0.2, 0) is 6.54 Å². The number of imidazole rings is 1. The van der Waals surface area contributed by atoms with Gasteiger partial charge in [-0.15, -0.1) is 0 Å². The van der Waals surface area contributed by atoms with Gasteiger partial charge in [0.1, 0.15) is 17.3 Å². The van der Waals surface area contributed by atoms with Crippen molar-refractivity contribution in [3.8, 4) is 22.6 Å². The van der Waals surface area contributed by atoms with Crippen molar-refractivity contribution in [2.75, 3.05) is 11.9 Å². The van der Waals surface area contributed by atoms with E-state index < -0.39 is 0 Å². The number of aryl methyl sites for hydroxylation is 1. The number of pyridine rings is 2. The van der Waals surface area contributed by atoms with E-state index in [2.05, 4.69) is 20.3 Å². The molecule has 0 aliphatic carbocycles. The van der Waals surface area contributed by atoms with Gasteiger partial charge in [0.15, 0.2) is 5.78 Å². The molecular formula is C27H23FN6O. The molecule has 3 heterocycles. The highest BCUT2D eigenvalue weighted by molar-refractivity contribution is 6.00. The Morgan fingerprint density at radius 3 is 2.71 bits per heavy atom. The zero-order valence-electron chi connectivity index (χ0n) is 19.0. The van der Waals surface area contributed by atoms with Crippen molar-refractivity contribution in [1.82, 2.24) is 19.9 Å². The van der Waals surface area contributed by atoms with Crippen LogP contribution in [0.15, 0.2) is 72.9 Å². The number of H-pyrrole nitrogens is 1. The lowest BCUT2D eigenvalue weighted by Crippen LogP contribution is -2.13. The normalized spacial score (nSPS) is 11.1. The molecule has 35 heavy (non-hydrogen) atoms. The fraction of sp³-hybridized carbons (Fsp3) is 0.111. The van der Waals surface area contributed by atoms with Crippen molar-refractivity contribution in [2.24, 2.45) is 5.73 Å². The molecule has 0 amide bonds. The van der Waals surface area contributed by atoms with E-state index in [1.807, 2.05) is 43.3 Å². The number of fused-ring (bicyclic) bond motifs is 1. The number of halogens is 1. The second-order valence-electron chi connectivity index (χ2n) is 8.16. The van der Waals surface area contributed by atoms with E-state index in [9.17, 15) is 9.18 Å². The summed E-state index contributed by atoms with van der Waals surface area (Å²) in [5.41, 5.74) is 11.1. The average Bonchev–Trinajstić information content (AvgIpc) is 3.31. The van der Waals surface area contributed by atoms with Crippen LogP contribution in [0, 0.1) is 12.7 Å². The molecule has 174 valence electrons. The molecule has 2 aromatic carbocycles. The smallest absolute Gasteiger partial charge is 0.177 e. The Morgan fingerprint density at radius 1 is 1.06 bits per heavy atom. The van der Waals surface area contributed by atoms with Gasteiger partial charge in [-0.2, -0.15) is 0 Å². The third-order valence-electron chi connectivity index (χ3n) is 5.68. The maximum Gasteiger partial charge on any atom is 0.177 e. The summed E-state index contributed by atoms with van der Waals surface area (Å²) in [5.74, 6) is 0.133. The predicted octanol–water partition coefficient (Wildman–Crippen LogP) is 4.89. The summed E-state index contributed by atoms with van der Waals surface area (Å²) >= 11 is 0. The Bertz CT molecular complexity index is 1540. The molecule has 0 fully saturated rings. The number of nitrogens with two attached hydrogens (primary N) is 1. The van der Waals surface area contributed by atoms with Crippen LogP contribution in [0.5, 0.6) is 0 Å². The monoisotopic (exact) mass is 466 g/mol. The number of benzene rings is 2. The number of anilines is 1. The number of carbonyl (C=O) groups excluding carboxylic acids is 1. The summed E-state index contributed by atoms with van der Waals surface area (Å²) in [6.45, 7) is 2.15. The first-order valence-electron chi connectivity index (χ1n) is 11.2. The van der Waals surface area contributed by atoms with Gasteiger partial charge >= 0.3 is 0 Å². The maximum atomic E-state index is 14.1. The van der Waals surface area contributed by atoms with Crippen LogP contribution in [0.2, 0.25) is 0 Å². The Morgan fingerprint density at radius 2 is 1.91 bits per heavy atom. The molecule has 0 saturated heterocycles. The highest BCUT2D eigenvalue weighted by atomic mass is 19.1. The van der Waals surface area contributed by atoms with E-state index in [4.69, 9.17) is 10.7 Å². The Hall–Kier alpha value is -4.43. The third kappa shape index (κ3) is 4.64. The number of aromatic nitrogens is 4. The number of aromatic amines is 1. The fourth-order valence-corrected chi connectivity index (χ4v) is 3.92. The van der Waals surface area contributed by atoms with E-state index in [0.29, 0.717) is 29.3 Å². The molecule has 5 aromatic rings. The largest absolute Gasteiger partial charge is 0.375 e. The van der Waals surface area contributed by atoms with Gasteiger partial charge in [0, 0.05) is 28.4 Å². The van der Waals surface area contributed by atoms with Crippen molar-refractivity contribution in [3.63, 3.8) is 0 Å². The minimum absolute atomic E-state index is 0.0744. The van der Waals surface area contributed by atoms with Crippen LogP contribution in [0.25, 0.3) is 33.5 Å². The van der Waals surface area contributed by atoms with Crippen LogP contribution in [-0.4, -0.2) is 32.3 Å². The van der Waals surface area contributed by atoms with Gasteiger partial charge in [0.2, 0.25) is 0 Å². The number of nitrogens with one attached hydrogen (secondary N) is 2. The van der Waals surface area contributed by atoms with E-state index in [-0.39, 0.29) is 18.1 Å². The van der Waals surface area contributed by atoms with Crippen LogP contribution >= 0.6 is 0 Å². The quantitative estimate of drug-likeness (QED) is 0.295. The van der Waals surface area contributed by atoms with Crippen molar-refractivity contribution in [3.05, 3.63) is 95.8 Å². The summed E-state index contributed by atoms with van der Waals surface area (Å²) in [5, 5.41) is 3.90. The molecular weight excluding hydrogens is 443 g/mol. The molecule has 0 spiro atoms. The highest BCUT2D eigenvalue weighted by Crippen LogP contribution is 2.31. The van der Waals surface area contributed by atoms with E-state index in [1.165, 1.54) is 6.07 Å². The molecule has 0 bridgehead atoms. The van der Waals surface area contributed by atoms with Gasteiger partial charge in [-0.1, -0.05) is 24.3 Å². The molecule has 4 N–H and O–H groups in total. The van der Waals surface area contributed by atoms with Crippen LogP contribution in [0.4, 0.5) is 10.1 Å². The van der Waals surface area contributed by atoms with E-state index in [1.54, 1.807) is 30.5 Å². The fourth-order valence-electron chi connectivity index (χ4n) is 3.92. The number of nitrogens with zero attached hydrogens (tertiary/aromatic N) is 3. The first-order chi connectivity index (χ1) is 17.0. The highest BCUT2D eigenvalue weighted by Gasteiger charge is 2.17. The number of hydrogen-bond donors (Lipinski definition) is 3. The lowest BCUT2D eigenvalue weighted by Gasteiger charge is -2.06. The molecule has 0 radical (unpaired) electrons. The van der Waals surface area contributed by atoms with Crippen molar-refractivity contribution in [2.45, 2.75) is 13.5 Å². The lowest BCUT2D eigenvalue weighted by molar-refractivity contribution is 0.100. The van der Waals surface area contributed by atoms with Gasteiger partial charge < -0.3 is 16.0 Å². The summed E-state index contributed by atoms with van der Waals surface area (Å²) in [6, 6.07) is 19.9. The molecule has 8 heteroatoms. The first-order valence-corrected chi connectivity index (χ1v) is 11.2. The molecule has 0 saturated carbocycles. The number of carbonyl (C=O) groups is 1. The zero-order valence-corrected chi connectivity index (χ0v) is 19.0. The molecule has 7 nitrogen and oxygen atoms in total. The first kappa shape index (κ1) is 22.4. The molecule has 0 atom stereocenters. The van der Waals surface area contributed by atoms with Crippen molar-refractivity contribution >= 4 is 22.4 Å². The van der Waals surface area contributed by atoms with Crippen LogP contribution < -0.4 is 11.1 Å². The number of hydrogen-bond acceptors (Lipinski definition) is 6. The molecule has 0 aliphatic heterocycles. The molecule has 0 aliphatic rings. The average molecular weight is 467 g/mol. The van der Waals surface area contributed by atoms with Crippen LogP contribution in [0.3, 0.4) is 0 Å². The molecule has 3 aromatic heterocycles. The zero-order chi connectivity index (χ0) is 24.4. The van der Waals surface area contributed by atoms with E-state index in [0.717, 1.165) is 33.5 Å². The number of rotatable bonds is 7. The summed E-state index contributed by atoms with van der Waals surface area (Å²) in [7, 11) is 0. The van der Waals surface area contributed by atoms with Gasteiger partial charge in [-0.05, 0) is 49.4 Å².